The molecule has 1 aromatic carbocycles. The number of nitrogens with two attached hydrogens (primary N) is 1. The zero-order chi connectivity index (χ0) is 12.4. The van der Waals surface area contributed by atoms with Gasteiger partial charge in [-0.3, -0.25) is 0 Å². The molecule has 1 aliphatic carbocycles. The van der Waals surface area contributed by atoms with Crippen molar-refractivity contribution in [1.82, 2.24) is 0 Å². The first-order valence-corrected chi connectivity index (χ1v) is 7.14. The van der Waals surface area contributed by atoms with Crippen LogP contribution in [0.25, 0.3) is 0 Å². The van der Waals surface area contributed by atoms with E-state index in [1.807, 2.05) is 0 Å². The van der Waals surface area contributed by atoms with E-state index < -0.39 is 0 Å². The van der Waals surface area contributed by atoms with E-state index in [2.05, 4.69) is 47.2 Å². The molecule has 0 saturated heterocycles. The van der Waals surface area contributed by atoms with E-state index in [9.17, 15) is 0 Å². The summed E-state index contributed by atoms with van der Waals surface area (Å²) in [6, 6.07) is 5.33. The quantitative estimate of drug-likeness (QED) is 0.872. The fraction of sp³-hybridized carbons (Fsp3) is 0.571. The number of nitrogens with one attached hydrogen (secondary N) is 1. The van der Waals surface area contributed by atoms with Crippen LogP contribution in [0.4, 0.5) is 5.69 Å². The third-order valence-corrected chi connectivity index (χ3v) is 4.77. The van der Waals surface area contributed by atoms with Gasteiger partial charge in [0.25, 0.3) is 0 Å². The highest BCUT2D eigenvalue weighted by Crippen LogP contribution is 2.27. The Kier molecular flexibility index (Phi) is 4.10. The highest BCUT2D eigenvalue weighted by Gasteiger charge is 2.19. The maximum Gasteiger partial charge on any atom is 0.0348 e. The molecule has 17 heavy (non-hydrogen) atoms. The van der Waals surface area contributed by atoms with E-state index in [1.165, 1.54) is 40.5 Å². The standard InChI is InChI=1S/C14H21BrN2/c1-9-6-13(7-10(2)14(9)15)17-12-5-3-4-11(16)8-12/h6-7,11-12,17H,3-5,8,16H2,1-2H3. The molecule has 0 bridgehead atoms. The van der Waals surface area contributed by atoms with E-state index in [4.69, 9.17) is 5.73 Å². The maximum absolute atomic E-state index is 6.02. The van der Waals surface area contributed by atoms with Crippen LogP contribution in [0, 0.1) is 13.8 Å². The van der Waals surface area contributed by atoms with E-state index in [-0.39, 0.29) is 0 Å². The second-order valence-corrected chi connectivity index (χ2v) is 5.98. The highest BCUT2D eigenvalue weighted by molar-refractivity contribution is 9.10. The molecule has 2 rings (SSSR count). The lowest BCUT2D eigenvalue weighted by Crippen LogP contribution is -2.34. The molecule has 2 nitrogen and oxygen atoms in total. The van der Waals surface area contributed by atoms with Crippen LogP contribution in [0.2, 0.25) is 0 Å². The molecule has 94 valence electrons. The van der Waals surface area contributed by atoms with Gasteiger partial charge in [-0.05, 0) is 62.8 Å². The molecule has 0 radical (unpaired) electrons. The first kappa shape index (κ1) is 12.9. The van der Waals surface area contributed by atoms with Crippen LogP contribution in [0.15, 0.2) is 16.6 Å². The summed E-state index contributed by atoms with van der Waals surface area (Å²) in [6.07, 6.45) is 4.75. The minimum Gasteiger partial charge on any atom is -0.382 e. The van der Waals surface area contributed by atoms with Gasteiger partial charge in [0.1, 0.15) is 0 Å². The first-order valence-electron chi connectivity index (χ1n) is 6.35. The lowest BCUT2D eigenvalue weighted by molar-refractivity contribution is 0.409. The van der Waals surface area contributed by atoms with Gasteiger partial charge >= 0.3 is 0 Å². The third-order valence-electron chi connectivity index (χ3n) is 3.52. The van der Waals surface area contributed by atoms with E-state index in [0.29, 0.717) is 12.1 Å². The Morgan fingerprint density at radius 1 is 1.24 bits per heavy atom. The molecular formula is C14H21BrN2. The van der Waals surface area contributed by atoms with Crippen molar-refractivity contribution in [1.29, 1.82) is 0 Å². The van der Waals surface area contributed by atoms with Gasteiger partial charge in [-0.25, -0.2) is 0 Å². The van der Waals surface area contributed by atoms with Gasteiger partial charge in [-0.15, -0.1) is 0 Å². The normalized spacial score (nSPS) is 24.7. The fourth-order valence-corrected chi connectivity index (χ4v) is 2.85. The highest BCUT2D eigenvalue weighted by atomic mass is 79.9. The Morgan fingerprint density at radius 3 is 2.47 bits per heavy atom. The molecule has 2 unspecified atom stereocenters. The number of halogens is 1. The van der Waals surface area contributed by atoms with Crippen molar-refractivity contribution in [2.24, 2.45) is 5.73 Å². The second-order valence-electron chi connectivity index (χ2n) is 5.19. The zero-order valence-electron chi connectivity index (χ0n) is 10.6. The number of benzene rings is 1. The van der Waals surface area contributed by atoms with E-state index >= 15 is 0 Å². The number of anilines is 1. The van der Waals surface area contributed by atoms with Gasteiger partial charge in [0.15, 0.2) is 0 Å². The summed E-state index contributed by atoms with van der Waals surface area (Å²) in [5.74, 6) is 0. The van der Waals surface area contributed by atoms with E-state index in [1.54, 1.807) is 0 Å². The van der Waals surface area contributed by atoms with Crippen molar-refractivity contribution in [3.63, 3.8) is 0 Å². The van der Waals surface area contributed by atoms with Gasteiger partial charge in [-0.1, -0.05) is 15.9 Å². The molecule has 1 fully saturated rings. The SMILES string of the molecule is Cc1cc(NC2CCCC(N)C2)cc(C)c1Br. The molecule has 1 saturated carbocycles. The summed E-state index contributed by atoms with van der Waals surface area (Å²) in [4.78, 5) is 0. The van der Waals surface area contributed by atoms with Crippen LogP contribution in [0.3, 0.4) is 0 Å². The number of rotatable bonds is 2. The first-order chi connectivity index (χ1) is 8.06. The lowest BCUT2D eigenvalue weighted by atomic mass is 9.91. The Morgan fingerprint density at radius 2 is 1.88 bits per heavy atom. The van der Waals surface area contributed by atoms with Gasteiger partial charge in [-0.2, -0.15) is 0 Å². The van der Waals surface area contributed by atoms with Crippen LogP contribution in [-0.4, -0.2) is 12.1 Å². The summed E-state index contributed by atoms with van der Waals surface area (Å²) in [6.45, 7) is 4.27. The third kappa shape index (κ3) is 3.23. The lowest BCUT2D eigenvalue weighted by Gasteiger charge is -2.28. The van der Waals surface area contributed by atoms with Crippen molar-refractivity contribution in [2.45, 2.75) is 51.6 Å². The van der Waals surface area contributed by atoms with Crippen molar-refractivity contribution in [3.8, 4) is 0 Å². The number of aryl methyl sites for hydroxylation is 2. The molecule has 0 amide bonds. The fourth-order valence-electron chi connectivity index (χ4n) is 2.62. The zero-order valence-corrected chi connectivity index (χ0v) is 12.2. The van der Waals surface area contributed by atoms with Crippen molar-refractivity contribution in [2.75, 3.05) is 5.32 Å². The molecular weight excluding hydrogens is 276 g/mol. The minimum atomic E-state index is 0.374. The van der Waals surface area contributed by atoms with Gasteiger partial charge < -0.3 is 11.1 Å². The van der Waals surface area contributed by atoms with Gasteiger partial charge in [0.05, 0.1) is 0 Å². The van der Waals surface area contributed by atoms with Crippen molar-refractivity contribution >= 4 is 21.6 Å². The predicted molar refractivity (Wildman–Crippen MR) is 77.5 cm³/mol. The molecule has 0 aliphatic heterocycles. The second kappa shape index (κ2) is 5.40. The molecule has 0 spiro atoms. The monoisotopic (exact) mass is 296 g/mol. The number of hydrogen-bond donors (Lipinski definition) is 2. The van der Waals surface area contributed by atoms with Crippen molar-refractivity contribution in [3.05, 3.63) is 27.7 Å². The molecule has 1 aliphatic rings. The summed E-state index contributed by atoms with van der Waals surface area (Å²) >= 11 is 3.60. The molecule has 3 N–H and O–H groups in total. The molecule has 2 atom stereocenters. The van der Waals surface area contributed by atoms with Crippen LogP contribution >= 0.6 is 15.9 Å². The van der Waals surface area contributed by atoms with E-state index in [0.717, 1.165) is 6.42 Å². The Labute approximate surface area is 112 Å². The van der Waals surface area contributed by atoms with Crippen LogP contribution in [-0.2, 0) is 0 Å². The average molecular weight is 297 g/mol. The molecule has 1 aromatic rings. The van der Waals surface area contributed by atoms with Crippen LogP contribution < -0.4 is 11.1 Å². The minimum absolute atomic E-state index is 0.374. The maximum atomic E-state index is 6.02. The average Bonchev–Trinajstić information content (AvgIpc) is 2.26. The smallest absolute Gasteiger partial charge is 0.0348 e. The van der Waals surface area contributed by atoms with Crippen molar-refractivity contribution < 1.29 is 0 Å². The van der Waals surface area contributed by atoms with Crippen LogP contribution in [0.1, 0.15) is 36.8 Å². The predicted octanol–water partition coefficient (Wildman–Crippen LogP) is 3.75. The summed E-state index contributed by atoms with van der Waals surface area (Å²) in [7, 11) is 0. The summed E-state index contributed by atoms with van der Waals surface area (Å²) < 4.78 is 1.21. The summed E-state index contributed by atoms with van der Waals surface area (Å²) in [5.41, 5.74) is 9.81. The molecule has 3 heteroatoms. The van der Waals surface area contributed by atoms with Gasteiger partial charge in [0, 0.05) is 22.2 Å². The summed E-state index contributed by atoms with van der Waals surface area (Å²) in [5, 5.41) is 3.62. The topological polar surface area (TPSA) is 38.0 Å². The largest absolute Gasteiger partial charge is 0.382 e. The Bertz CT molecular complexity index is 380. The molecule has 0 heterocycles. The number of hydrogen-bond acceptors (Lipinski definition) is 2. The Balaban J connectivity index is 2.08. The van der Waals surface area contributed by atoms with Crippen LogP contribution in [0.5, 0.6) is 0 Å². The Hall–Kier alpha value is -0.540. The van der Waals surface area contributed by atoms with Gasteiger partial charge in [0.2, 0.25) is 0 Å². The molecule has 0 aromatic heterocycles.